The first-order valence-corrected chi connectivity index (χ1v) is 15.2. The fourth-order valence-electron chi connectivity index (χ4n) is 5.38. The molecule has 3 saturated heterocycles. The number of rotatable bonds is 11. The molecule has 6 nitrogen and oxygen atoms in total. The van der Waals surface area contributed by atoms with Crippen molar-refractivity contribution in [2.75, 3.05) is 31.8 Å². The van der Waals surface area contributed by atoms with Crippen LogP contribution in [0.5, 0.6) is 0 Å². The summed E-state index contributed by atoms with van der Waals surface area (Å²) in [5, 5.41) is 0. The van der Waals surface area contributed by atoms with Gasteiger partial charge in [-0.25, -0.2) is 0 Å². The quantitative estimate of drug-likeness (QED) is 0.354. The van der Waals surface area contributed by atoms with Crippen LogP contribution in [0.15, 0.2) is 36.4 Å². The summed E-state index contributed by atoms with van der Waals surface area (Å²) in [6.07, 6.45) is 4.09. The molecule has 3 fully saturated rings. The predicted octanol–water partition coefficient (Wildman–Crippen LogP) is 5.27. The second kappa shape index (κ2) is 12.1. The van der Waals surface area contributed by atoms with Crippen LogP contribution < -0.4 is 0 Å². The Bertz CT molecular complexity index is 861. The zero-order valence-electron chi connectivity index (χ0n) is 22.7. The van der Waals surface area contributed by atoms with Gasteiger partial charge in [-0.2, -0.15) is 0 Å². The largest absolute Gasteiger partial charge is 0.378 e. The van der Waals surface area contributed by atoms with Crippen molar-refractivity contribution in [3.05, 3.63) is 42.0 Å². The van der Waals surface area contributed by atoms with Gasteiger partial charge in [-0.05, 0) is 44.8 Å². The Morgan fingerprint density at radius 3 is 2.31 bits per heavy atom. The molecule has 4 rings (SSSR count). The molecule has 3 aliphatic heterocycles. The zero-order chi connectivity index (χ0) is 25.9. The molecule has 1 aromatic carbocycles. The average molecular weight is 538 g/mol. The highest BCUT2D eigenvalue weighted by Crippen LogP contribution is 2.44. The van der Waals surface area contributed by atoms with Crippen LogP contribution in [0.1, 0.15) is 47.1 Å². The van der Waals surface area contributed by atoms with Crippen LogP contribution in [-0.4, -0.2) is 89.3 Å². The van der Waals surface area contributed by atoms with Crippen LogP contribution >= 0.6 is 23.5 Å². The molecule has 0 aromatic heterocycles. The van der Waals surface area contributed by atoms with Crippen LogP contribution in [0.3, 0.4) is 0 Å². The molecule has 0 spiro atoms. The Kier molecular flexibility index (Phi) is 9.54. The predicted molar refractivity (Wildman–Crippen MR) is 149 cm³/mol. The van der Waals surface area contributed by atoms with Crippen molar-refractivity contribution in [1.82, 2.24) is 4.90 Å². The van der Waals surface area contributed by atoms with Crippen LogP contribution in [0.4, 0.5) is 0 Å². The first-order valence-electron chi connectivity index (χ1n) is 13.1. The first kappa shape index (κ1) is 28.4. The van der Waals surface area contributed by atoms with Gasteiger partial charge in [0, 0.05) is 13.7 Å². The molecule has 0 N–H and O–H groups in total. The monoisotopic (exact) mass is 537 g/mol. The summed E-state index contributed by atoms with van der Waals surface area (Å²) >= 11 is 3.98. The van der Waals surface area contributed by atoms with Crippen LogP contribution in [-0.2, 0) is 23.7 Å². The third-order valence-electron chi connectivity index (χ3n) is 6.96. The van der Waals surface area contributed by atoms with Crippen molar-refractivity contribution in [1.29, 1.82) is 0 Å². The van der Waals surface area contributed by atoms with Crippen molar-refractivity contribution in [2.24, 2.45) is 0 Å². The molecule has 8 heteroatoms. The number of thioether (sulfide) groups is 2. The van der Waals surface area contributed by atoms with Gasteiger partial charge in [0.2, 0.25) is 0 Å². The number of ether oxygens (including phenoxy) is 5. The molecule has 3 heterocycles. The highest BCUT2D eigenvalue weighted by Gasteiger charge is 2.57. The molecule has 202 valence electrons. The van der Waals surface area contributed by atoms with Crippen LogP contribution in [0, 0.1) is 0 Å². The highest BCUT2D eigenvalue weighted by molar-refractivity contribution is 8.17. The molecular formula is C28H43NO5S2. The Balaban J connectivity index is 1.66. The second-order valence-corrected chi connectivity index (χ2v) is 13.6. The Labute approximate surface area is 225 Å². The third-order valence-corrected chi connectivity index (χ3v) is 9.66. The minimum Gasteiger partial charge on any atom is -0.378 e. The molecule has 0 radical (unpaired) electrons. The number of benzene rings is 1. The second-order valence-electron chi connectivity index (χ2n) is 10.4. The summed E-state index contributed by atoms with van der Waals surface area (Å²) < 4.78 is 31.8. The SMILES string of the molecule is CCSC(SCC)[C@@H]([C@@H]1OC(C)(C)O[C@@H]1[C@@H]1COC(C)(C)O1)N1C[C@H](OC)[C@@H]1/C=C/c1ccccc1. The summed E-state index contributed by atoms with van der Waals surface area (Å²) in [5.74, 6) is 0.772. The van der Waals surface area contributed by atoms with E-state index in [0.717, 1.165) is 18.1 Å². The maximum atomic E-state index is 6.72. The van der Waals surface area contributed by atoms with Crippen molar-refractivity contribution in [3.8, 4) is 0 Å². The molecule has 0 bridgehead atoms. The third kappa shape index (κ3) is 6.52. The van der Waals surface area contributed by atoms with Crippen LogP contribution in [0.2, 0.25) is 0 Å². The maximum absolute atomic E-state index is 6.72. The van der Waals surface area contributed by atoms with Crippen LogP contribution in [0.25, 0.3) is 6.08 Å². The molecule has 6 atom stereocenters. The summed E-state index contributed by atoms with van der Waals surface area (Å²) in [4.78, 5) is 2.56. The number of nitrogens with zero attached hydrogens (tertiary/aromatic N) is 1. The summed E-state index contributed by atoms with van der Waals surface area (Å²) in [6.45, 7) is 13.8. The molecule has 0 unspecified atom stereocenters. The fraction of sp³-hybridized carbons (Fsp3) is 0.714. The van der Waals surface area contributed by atoms with Crippen molar-refractivity contribution in [2.45, 2.75) is 94.2 Å². The minimum atomic E-state index is -0.692. The maximum Gasteiger partial charge on any atom is 0.163 e. The van der Waals surface area contributed by atoms with Gasteiger partial charge in [0.05, 0.1) is 29.4 Å². The molecule has 36 heavy (non-hydrogen) atoms. The van der Waals surface area contributed by atoms with Gasteiger partial charge in [-0.1, -0.05) is 56.3 Å². The van der Waals surface area contributed by atoms with E-state index >= 15 is 0 Å². The fourth-order valence-corrected chi connectivity index (χ4v) is 8.25. The standard InChI is InChI=1S/C28H43NO5S2/c1-8-35-26(36-9-2)23(25-24(33-28(5,6)34-25)22-18-31-27(3,4)32-22)29-17-21(30-7)20(29)16-15-19-13-11-10-12-14-19/h10-16,20-26H,8-9,17-18H2,1-7H3/b16-15+/t20-,21-,22-,23+,24+,25-/m0/s1. The Morgan fingerprint density at radius 1 is 1.03 bits per heavy atom. The lowest BCUT2D eigenvalue weighted by Crippen LogP contribution is -2.69. The number of likely N-dealkylation sites (tertiary alicyclic amines) is 1. The summed E-state index contributed by atoms with van der Waals surface area (Å²) in [5.41, 5.74) is 1.19. The number of hydrogen-bond acceptors (Lipinski definition) is 8. The van der Waals surface area contributed by atoms with E-state index in [1.54, 1.807) is 0 Å². The van der Waals surface area contributed by atoms with E-state index < -0.39 is 11.6 Å². The average Bonchev–Trinajstić information content (AvgIpc) is 3.34. The molecule has 3 aliphatic rings. The van der Waals surface area contributed by atoms with Gasteiger partial charge < -0.3 is 23.7 Å². The van der Waals surface area contributed by atoms with Gasteiger partial charge in [0.1, 0.15) is 18.3 Å². The summed E-state index contributed by atoms with van der Waals surface area (Å²) in [7, 11) is 1.81. The lowest BCUT2D eigenvalue weighted by molar-refractivity contribution is -0.175. The van der Waals surface area contributed by atoms with E-state index in [-0.39, 0.29) is 36.5 Å². The molecule has 0 aliphatic carbocycles. The van der Waals surface area contributed by atoms with E-state index in [1.807, 2.05) is 64.4 Å². The van der Waals surface area contributed by atoms with E-state index in [9.17, 15) is 0 Å². The van der Waals surface area contributed by atoms with Gasteiger partial charge >= 0.3 is 0 Å². The van der Waals surface area contributed by atoms with Gasteiger partial charge in [-0.15, -0.1) is 23.5 Å². The first-order chi connectivity index (χ1) is 17.2. The van der Waals surface area contributed by atoms with Gasteiger partial charge in [0.25, 0.3) is 0 Å². The van der Waals surface area contributed by atoms with Gasteiger partial charge in [0.15, 0.2) is 11.6 Å². The normalized spacial score (nSPS) is 32.8. The van der Waals surface area contributed by atoms with Crippen molar-refractivity contribution in [3.63, 3.8) is 0 Å². The minimum absolute atomic E-state index is 0.121. The number of methoxy groups -OCH3 is 1. The molecule has 0 amide bonds. The highest BCUT2D eigenvalue weighted by atomic mass is 32.2. The van der Waals surface area contributed by atoms with E-state index in [1.165, 1.54) is 5.56 Å². The van der Waals surface area contributed by atoms with E-state index in [0.29, 0.717) is 11.2 Å². The lowest BCUT2D eigenvalue weighted by atomic mass is 9.91. The number of hydrogen-bond donors (Lipinski definition) is 0. The van der Waals surface area contributed by atoms with Crippen molar-refractivity contribution < 1.29 is 23.7 Å². The zero-order valence-corrected chi connectivity index (χ0v) is 24.3. The topological polar surface area (TPSA) is 49.4 Å². The van der Waals surface area contributed by atoms with E-state index in [4.69, 9.17) is 23.7 Å². The summed E-state index contributed by atoms with van der Waals surface area (Å²) in [6, 6.07) is 10.7. The lowest BCUT2D eigenvalue weighted by Gasteiger charge is -2.53. The van der Waals surface area contributed by atoms with Crippen molar-refractivity contribution >= 4 is 29.6 Å². The molecule has 0 saturated carbocycles. The smallest absolute Gasteiger partial charge is 0.163 e. The Morgan fingerprint density at radius 2 is 1.72 bits per heavy atom. The Hall–Kier alpha value is -0.580. The van der Waals surface area contributed by atoms with E-state index in [2.05, 4.69) is 55.2 Å². The molecular weight excluding hydrogens is 494 g/mol. The molecule has 1 aromatic rings. The van der Waals surface area contributed by atoms with Gasteiger partial charge in [-0.3, -0.25) is 4.90 Å².